The Morgan fingerprint density at radius 1 is 1.05 bits per heavy atom. The number of aromatic amines is 1. The topological polar surface area (TPSA) is 163 Å². The van der Waals surface area contributed by atoms with Crippen molar-refractivity contribution in [3.63, 3.8) is 0 Å². The predicted octanol–water partition coefficient (Wildman–Crippen LogP) is 7.08. The highest BCUT2D eigenvalue weighted by molar-refractivity contribution is 7.71. The zero-order valence-corrected chi connectivity index (χ0v) is 33.4. The van der Waals surface area contributed by atoms with Gasteiger partial charge in [-0.2, -0.15) is 9.97 Å². The molecule has 2 aliphatic heterocycles. The zero-order chi connectivity index (χ0) is 39.0. The molecule has 0 amide bonds. The maximum atomic E-state index is 13.8. The number of allylic oxidation sites excluding steroid dienone is 1. The molecule has 5 aromatic rings. The lowest BCUT2D eigenvalue weighted by atomic mass is 9.70. The van der Waals surface area contributed by atoms with Crippen molar-refractivity contribution in [3.8, 4) is 5.75 Å². The number of rotatable bonds is 11. The van der Waals surface area contributed by atoms with Gasteiger partial charge in [0.25, 0.3) is 0 Å². The van der Waals surface area contributed by atoms with Crippen molar-refractivity contribution in [2.45, 2.75) is 45.1 Å². The fourth-order valence-electron chi connectivity index (χ4n) is 8.07. The number of nitrogens with two attached hydrogens (primary N) is 1. The number of ether oxygens (including phenoxy) is 1. The van der Waals surface area contributed by atoms with E-state index in [1.807, 2.05) is 44.2 Å². The van der Waals surface area contributed by atoms with Gasteiger partial charge in [0.2, 0.25) is 5.95 Å². The number of methoxy groups -OCH3 is 1. The molecule has 0 unspecified atom stereocenters. The number of halogens is 1. The molecule has 0 radical (unpaired) electrons. The van der Waals surface area contributed by atoms with Gasteiger partial charge in [0.1, 0.15) is 36.5 Å². The number of benzene rings is 2. The number of nitrogens with zero attached hydrogens (tertiary/aromatic N) is 7. The molecule has 5 N–H and O–H groups in total. The number of H-pyrrole nitrogens is 1. The monoisotopic (exact) mass is 767 g/mol. The largest absolute Gasteiger partial charge is 0.494 e. The predicted molar refractivity (Wildman–Crippen MR) is 223 cm³/mol. The molecule has 5 heterocycles. The maximum Gasteiger partial charge on any atom is 0.231 e. The van der Waals surface area contributed by atoms with Crippen molar-refractivity contribution in [2.24, 2.45) is 16.1 Å². The summed E-state index contributed by atoms with van der Waals surface area (Å²) in [5.41, 5.74) is 11.9. The Morgan fingerprint density at radius 2 is 1.78 bits per heavy atom. The van der Waals surface area contributed by atoms with Crippen molar-refractivity contribution in [2.75, 3.05) is 75.9 Å². The summed E-state index contributed by atoms with van der Waals surface area (Å²) in [6.45, 7) is 10.7. The number of nitrogens with one attached hydrogen (secondary N) is 3. The Hall–Kier alpha value is -5.07. The van der Waals surface area contributed by atoms with Crippen LogP contribution in [0.15, 0.2) is 60.1 Å². The second kappa shape index (κ2) is 15.2. The summed E-state index contributed by atoms with van der Waals surface area (Å²) < 4.78 is 33.4. The smallest absolute Gasteiger partial charge is 0.231 e. The van der Waals surface area contributed by atoms with Gasteiger partial charge in [0.05, 0.1) is 34.7 Å². The average molecular weight is 768 g/mol. The minimum atomic E-state index is -2.81. The average Bonchev–Trinajstić information content (AvgIpc) is 3.66. The van der Waals surface area contributed by atoms with Crippen molar-refractivity contribution in [1.29, 1.82) is 0 Å². The molecule has 0 bridgehead atoms. The van der Waals surface area contributed by atoms with E-state index < -0.39 is 12.7 Å². The quantitative estimate of drug-likeness (QED) is 0.0803. The van der Waals surface area contributed by atoms with Gasteiger partial charge >= 0.3 is 0 Å². The Morgan fingerprint density at radius 3 is 2.45 bits per heavy atom. The molecule has 7 rings (SSSR count). The van der Waals surface area contributed by atoms with Crippen LogP contribution in [-0.2, 0) is 4.57 Å². The Kier molecular flexibility index (Phi) is 10.6. The van der Waals surface area contributed by atoms with Crippen LogP contribution in [0.25, 0.3) is 27.6 Å². The second-order valence-electron chi connectivity index (χ2n) is 15.6. The molecular formula is C40H51FN11O2P. The Labute approximate surface area is 321 Å². The van der Waals surface area contributed by atoms with Crippen LogP contribution in [-0.4, -0.2) is 102 Å². The number of fused-ring (bicyclic) bond motifs is 2. The summed E-state index contributed by atoms with van der Waals surface area (Å²) in [5.74, 6) is 1.45. The minimum absolute atomic E-state index is 0.258. The van der Waals surface area contributed by atoms with E-state index in [1.54, 1.807) is 58.5 Å². The summed E-state index contributed by atoms with van der Waals surface area (Å²) in [5, 5.41) is 8.23. The fraction of sp³-hybridized carbons (Fsp3) is 0.425. The van der Waals surface area contributed by atoms with E-state index in [1.165, 1.54) is 0 Å². The number of hydrogen-bond acceptors (Lipinski definition) is 12. The van der Waals surface area contributed by atoms with Crippen LogP contribution in [0.2, 0.25) is 0 Å². The minimum Gasteiger partial charge on any atom is -0.494 e. The third kappa shape index (κ3) is 7.62. The third-order valence-electron chi connectivity index (χ3n) is 11.3. The molecule has 290 valence electrons. The first-order valence-electron chi connectivity index (χ1n) is 18.7. The molecule has 2 saturated heterocycles. The molecule has 1 spiro atoms. The van der Waals surface area contributed by atoms with Crippen LogP contribution in [0.3, 0.4) is 0 Å². The fourth-order valence-corrected chi connectivity index (χ4v) is 9.46. The molecule has 2 aromatic carbocycles. The van der Waals surface area contributed by atoms with E-state index in [9.17, 15) is 8.96 Å². The van der Waals surface area contributed by atoms with Crippen LogP contribution < -0.4 is 31.3 Å². The molecule has 0 saturated carbocycles. The number of anilines is 5. The molecule has 0 atom stereocenters. The van der Waals surface area contributed by atoms with Gasteiger partial charge in [-0.05, 0) is 95.6 Å². The van der Waals surface area contributed by atoms with Crippen molar-refractivity contribution < 1.29 is 13.7 Å². The first kappa shape index (κ1) is 38.2. The highest BCUT2D eigenvalue weighted by atomic mass is 31.2. The third-order valence-corrected chi connectivity index (χ3v) is 12.8. The summed E-state index contributed by atoms with van der Waals surface area (Å²) in [6, 6.07) is 9.67. The lowest BCUT2D eigenvalue weighted by molar-refractivity contribution is 0.0112. The number of likely N-dealkylation sites (tertiary alicyclic amines) is 1. The number of piperidine rings is 2. The van der Waals surface area contributed by atoms with Crippen LogP contribution in [0.1, 0.15) is 45.1 Å². The molecule has 3 aromatic heterocycles. The van der Waals surface area contributed by atoms with Crippen LogP contribution in [0.4, 0.5) is 33.2 Å². The normalized spacial score (nSPS) is 17.1. The first-order valence-corrected chi connectivity index (χ1v) is 21.3. The van der Waals surface area contributed by atoms with Gasteiger partial charge in [-0.1, -0.05) is 0 Å². The molecule has 13 nitrogen and oxygen atoms in total. The summed E-state index contributed by atoms with van der Waals surface area (Å²) in [4.78, 5) is 30.9. The van der Waals surface area contributed by atoms with E-state index in [2.05, 4.69) is 40.4 Å². The van der Waals surface area contributed by atoms with E-state index in [4.69, 9.17) is 20.4 Å². The van der Waals surface area contributed by atoms with Gasteiger partial charge in [-0.15, -0.1) is 0 Å². The highest BCUT2D eigenvalue weighted by Gasteiger charge is 2.41. The second-order valence-corrected chi connectivity index (χ2v) is 18.8. The van der Waals surface area contributed by atoms with Crippen LogP contribution >= 0.6 is 7.14 Å². The number of alkyl halides is 1. The van der Waals surface area contributed by atoms with Gasteiger partial charge in [-0.3, -0.25) is 19.9 Å². The van der Waals surface area contributed by atoms with Gasteiger partial charge in [0.15, 0.2) is 0 Å². The molecule has 2 aliphatic rings. The summed E-state index contributed by atoms with van der Waals surface area (Å²) >= 11 is 0. The van der Waals surface area contributed by atoms with Gasteiger partial charge in [0, 0.05) is 79.6 Å². The van der Waals surface area contributed by atoms with Gasteiger partial charge < -0.3 is 35.6 Å². The molecule has 2 fully saturated rings. The number of aromatic nitrogens is 5. The standard InChI is InChI=1S/C40H51FN11O2P/c1-39(2,25-41)52-19-12-40(13-20-52)10-17-51(18-11-40)32-22-33(54-4)31(21-28(32)26(23-42)24-43-3)48-38-49-36-27(9-14-46-36)37(50-38)47-30-8-7-29-34(45-16-15-44-29)35(30)55(5,6)53/h7-9,14-16,21-24H,10-13,17-20,25,42H2,1-6H3,(H3,46,47,48,49,50). The summed E-state index contributed by atoms with van der Waals surface area (Å²) in [7, 11) is 0.560. The van der Waals surface area contributed by atoms with E-state index in [-0.39, 0.29) is 12.1 Å². The Bertz CT molecular complexity index is 2300. The molecule has 0 aliphatic carbocycles. The Balaban J connectivity index is 1.21. The van der Waals surface area contributed by atoms with Crippen molar-refractivity contribution in [3.05, 3.63) is 60.7 Å². The lowest BCUT2D eigenvalue weighted by Gasteiger charge is -2.50. The van der Waals surface area contributed by atoms with Gasteiger partial charge in [-0.25, -0.2) is 4.39 Å². The van der Waals surface area contributed by atoms with Crippen molar-refractivity contribution >= 4 is 75.1 Å². The zero-order valence-electron chi connectivity index (χ0n) is 32.5. The van der Waals surface area contributed by atoms with Crippen molar-refractivity contribution in [1.82, 2.24) is 29.8 Å². The number of hydrogen-bond donors (Lipinski definition) is 4. The van der Waals surface area contributed by atoms with E-state index >= 15 is 0 Å². The van der Waals surface area contributed by atoms with E-state index in [0.29, 0.717) is 50.9 Å². The summed E-state index contributed by atoms with van der Waals surface area (Å²) in [6.07, 6.45) is 12.6. The first-order chi connectivity index (χ1) is 26.4. The SMILES string of the molecule is CN=CC(=CN)c1cc(Nc2nc(Nc3ccc4nccnc4c3P(C)(C)=O)c3cc[nH]c3n2)c(OC)cc1N1CCC2(CC1)CCN(C(C)(C)CF)CC2. The molecule has 55 heavy (non-hydrogen) atoms. The maximum absolute atomic E-state index is 13.8. The van der Waals surface area contributed by atoms with Crippen LogP contribution in [0.5, 0.6) is 5.75 Å². The van der Waals surface area contributed by atoms with Crippen LogP contribution in [0, 0.1) is 5.41 Å². The number of aliphatic imine (C=N–C) groups is 1. The van der Waals surface area contributed by atoms with E-state index in [0.717, 1.165) is 74.1 Å². The highest BCUT2D eigenvalue weighted by Crippen LogP contribution is 2.46. The molecular weight excluding hydrogens is 716 g/mol. The lowest BCUT2D eigenvalue weighted by Crippen LogP contribution is -2.53. The molecule has 15 heteroatoms.